The van der Waals surface area contributed by atoms with E-state index < -0.39 is 0 Å². The number of rotatable bonds is 18. The van der Waals surface area contributed by atoms with E-state index >= 15 is 0 Å². The SMILES string of the molecule is CCCCCCCCCCCC(=O)N[N+](C)(C)CC(O)CCCCCC. The number of carbonyl (C=O) groups is 1. The molecule has 1 unspecified atom stereocenters. The molecule has 0 fully saturated rings. The van der Waals surface area contributed by atoms with E-state index in [0.717, 1.165) is 25.7 Å². The molecule has 0 aromatic rings. The molecule has 156 valence electrons. The van der Waals surface area contributed by atoms with Gasteiger partial charge in [0.05, 0.1) is 14.1 Å². The monoisotopic (exact) mass is 371 g/mol. The average molecular weight is 372 g/mol. The van der Waals surface area contributed by atoms with Gasteiger partial charge >= 0.3 is 0 Å². The number of unbranched alkanes of at least 4 members (excludes halogenated alkanes) is 11. The number of hydrogen-bond donors (Lipinski definition) is 2. The summed E-state index contributed by atoms with van der Waals surface area (Å²) in [5, 5.41) is 10.2. The van der Waals surface area contributed by atoms with Gasteiger partial charge in [0, 0.05) is 6.42 Å². The van der Waals surface area contributed by atoms with Gasteiger partial charge < -0.3 is 5.11 Å². The number of nitrogens with zero attached hydrogens (tertiary/aromatic N) is 1. The molecule has 0 aliphatic carbocycles. The van der Waals surface area contributed by atoms with Crippen LogP contribution in [0.25, 0.3) is 0 Å². The first kappa shape index (κ1) is 25.4. The number of likely N-dealkylation sites (N-methyl/N-ethyl adjacent to an activating group) is 1. The molecule has 4 nitrogen and oxygen atoms in total. The average Bonchev–Trinajstić information content (AvgIpc) is 2.56. The minimum Gasteiger partial charge on any atom is -0.387 e. The van der Waals surface area contributed by atoms with Crippen molar-refractivity contribution in [3.8, 4) is 0 Å². The maximum Gasteiger partial charge on any atom is 0.264 e. The van der Waals surface area contributed by atoms with E-state index in [-0.39, 0.29) is 12.0 Å². The van der Waals surface area contributed by atoms with E-state index in [1.54, 1.807) is 0 Å². The first-order chi connectivity index (χ1) is 12.4. The van der Waals surface area contributed by atoms with Crippen LogP contribution in [0.15, 0.2) is 0 Å². The lowest BCUT2D eigenvalue weighted by atomic mass is 10.1. The van der Waals surface area contributed by atoms with Crippen LogP contribution in [0.1, 0.15) is 110 Å². The zero-order chi connectivity index (χ0) is 19.7. The van der Waals surface area contributed by atoms with E-state index in [2.05, 4.69) is 19.3 Å². The molecule has 0 saturated carbocycles. The third-order valence-corrected chi connectivity index (χ3v) is 4.99. The van der Waals surface area contributed by atoms with Crippen molar-refractivity contribution < 1.29 is 14.5 Å². The Bertz CT molecular complexity index is 332. The molecule has 0 saturated heterocycles. The topological polar surface area (TPSA) is 49.3 Å². The summed E-state index contributed by atoms with van der Waals surface area (Å²) in [7, 11) is 3.92. The molecule has 0 radical (unpaired) electrons. The van der Waals surface area contributed by atoms with Crippen molar-refractivity contribution in [2.24, 2.45) is 0 Å². The fraction of sp³-hybridized carbons (Fsp3) is 0.955. The van der Waals surface area contributed by atoms with E-state index in [4.69, 9.17) is 0 Å². The summed E-state index contributed by atoms with van der Waals surface area (Å²) in [6.45, 7) is 5.02. The second-order valence-electron chi connectivity index (χ2n) is 8.48. The third-order valence-electron chi connectivity index (χ3n) is 4.99. The summed E-state index contributed by atoms with van der Waals surface area (Å²) < 4.78 is 0.366. The molecule has 0 aliphatic heterocycles. The van der Waals surface area contributed by atoms with E-state index in [9.17, 15) is 9.90 Å². The van der Waals surface area contributed by atoms with Crippen LogP contribution < -0.4 is 5.43 Å². The Hall–Kier alpha value is -0.610. The lowest BCUT2D eigenvalue weighted by Gasteiger charge is -2.31. The predicted molar refractivity (Wildman–Crippen MR) is 112 cm³/mol. The lowest BCUT2D eigenvalue weighted by molar-refractivity contribution is -0.928. The zero-order valence-corrected chi connectivity index (χ0v) is 18.2. The van der Waals surface area contributed by atoms with Crippen LogP contribution in [0.5, 0.6) is 0 Å². The summed E-state index contributed by atoms with van der Waals surface area (Å²) in [5.41, 5.74) is 3.05. The van der Waals surface area contributed by atoms with Crippen LogP contribution in [0.3, 0.4) is 0 Å². The van der Waals surface area contributed by atoms with E-state index in [1.807, 2.05) is 14.1 Å². The van der Waals surface area contributed by atoms with Crippen LogP contribution in [-0.4, -0.2) is 42.3 Å². The van der Waals surface area contributed by atoms with Crippen molar-refractivity contribution in [1.82, 2.24) is 5.43 Å². The van der Waals surface area contributed by atoms with Gasteiger partial charge in [-0.1, -0.05) is 90.9 Å². The third kappa shape index (κ3) is 16.8. The highest BCUT2D eigenvalue weighted by atomic mass is 16.3. The van der Waals surface area contributed by atoms with Gasteiger partial charge in [-0.15, -0.1) is 0 Å². The maximum atomic E-state index is 12.1. The minimum absolute atomic E-state index is 0.108. The lowest BCUT2D eigenvalue weighted by Crippen LogP contribution is -2.57. The Morgan fingerprint density at radius 3 is 1.81 bits per heavy atom. The number of carbonyl (C=O) groups excluding carboxylic acids is 1. The number of amides is 1. The second-order valence-corrected chi connectivity index (χ2v) is 8.48. The van der Waals surface area contributed by atoms with Gasteiger partial charge in [0.15, 0.2) is 0 Å². The highest BCUT2D eigenvalue weighted by molar-refractivity contribution is 5.74. The molecule has 26 heavy (non-hydrogen) atoms. The summed E-state index contributed by atoms with van der Waals surface area (Å²) in [4.78, 5) is 12.1. The number of nitrogens with one attached hydrogen (secondary N) is 1. The summed E-state index contributed by atoms with van der Waals surface area (Å²) in [5.74, 6) is 0.108. The van der Waals surface area contributed by atoms with Crippen LogP contribution in [0, 0.1) is 0 Å². The first-order valence-corrected chi connectivity index (χ1v) is 11.2. The van der Waals surface area contributed by atoms with Crippen LogP contribution in [-0.2, 0) is 4.79 Å². The molecule has 0 bridgehead atoms. The molecular formula is C22H47N2O2+. The molecule has 0 aromatic heterocycles. The fourth-order valence-electron chi connectivity index (χ4n) is 3.46. The van der Waals surface area contributed by atoms with Crippen LogP contribution in [0.2, 0.25) is 0 Å². The van der Waals surface area contributed by atoms with Crippen molar-refractivity contribution in [3.05, 3.63) is 0 Å². The van der Waals surface area contributed by atoms with E-state index in [1.165, 1.54) is 64.2 Å². The van der Waals surface area contributed by atoms with Gasteiger partial charge in [0.2, 0.25) is 0 Å². The largest absolute Gasteiger partial charge is 0.387 e. The summed E-state index contributed by atoms with van der Waals surface area (Å²) in [6.07, 6.45) is 17.2. The molecule has 0 rings (SSSR count). The quantitative estimate of drug-likeness (QED) is 0.194. The summed E-state index contributed by atoms with van der Waals surface area (Å²) in [6, 6.07) is 0. The molecule has 4 heteroatoms. The Morgan fingerprint density at radius 1 is 0.808 bits per heavy atom. The van der Waals surface area contributed by atoms with Crippen molar-refractivity contribution in [2.75, 3.05) is 20.6 Å². The smallest absolute Gasteiger partial charge is 0.264 e. The molecule has 1 amide bonds. The Kier molecular flexibility index (Phi) is 16.2. The van der Waals surface area contributed by atoms with Gasteiger partial charge in [0.1, 0.15) is 12.6 Å². The molecule has 0 aromatic carbocycles. The van der Waals surface area contributed by atoms with Gasteiger partial charge in [-0.3, -0.25) is 4.79 Å². The molecule has 2 N–H and O–H groups in total. The van der Waals surface area contributed by atoms with Crippen molar-refractivity contribution >= 4 is 5.91 Å². The predicted octanol–water partition coefficient (Wildman–Crippen LogP) is 5.35. The zero-order valence-electron chi connectivity index (χ0n) is 18.2. The normalized spacial score (nSPS) is 13.0. The van der Waals surface area contributed by atoms with Crippen molar-refractivity contribution in [3.63, 3.8) is 0 Å². The second kappa shape index (κ2) is 16.6. The number of aliphatic hydroxyl groups excluding tert-OH is 1. The molecule has 0 heterocycles. The Balaban J connectivity index is 3.69. The van der Waals surface area contributed by atoms with Gasteiger partial charge in [0.25, 0.3) is 5.91 Å². The van der Waals surface area contributed by atoms with Gasteiger partial charge in [-0.2, -0.15) is 0 Å². The minimum atomic E-state index is -0.338. The van der Waals surface area contributed by atoms with Gasteiger partial charge in [-0.25, -0.2) is 10.0 Å². The van der Waals surface area contributed by atoms with Crippen molar-refractivity contribution in [1.29, 1.82) is 0 Å². The van der Waals surface area contributed by atoms with Crippen LogP contribution >= 0.6 is 0 Å². The summed E-state index contributed by atoms with van der Waals surface area (Å²) >= 11 is 0. The van der Waals surface area contributed by atoms with Crippen molar-refractivity contribution in [2.45, 2.75) is 116 Å². The number of hydrogen-bond acceptors (Lipinski definition) is 2. The van der Waals surface area contributed by atoms with Crippen LogP contribution in [0.4, 0.5) is 0 Å². The molecular weight excluding hydrogens is 324 g/mol. The Morgan fingerprint density at radius 2 is 1.27 bits per heavy atom. The molecule has 0 aliphatic rings. The highest BCUT2D eigenvalue weighted by Crippen LogP contribution is 2.11. The highest BCUT2D eigenvalue weighted by Gasteiger charge is 2.22. The number of aliphatic hydroxyl groups is 1. The maximum absolute atomic E-state index is 12.1. The number of quaternary nitrogens is 1. The fourth-order valence-corrected chi connectivity index (χ4v) is 3.46. The van der Waals surface area contributed by atoms with Gasteiger partial charge in [-0.05, 0) is 12.8 Å². The molecule has 1 atom stereocenters. The molecule has 0 spiro atoms. The standard InChI is InChI=1S/C22H46N2O2/c1-5-7-9-11-12-13-14-15-17-19-22(26)23-24(3,4)20-21(25)18-16-10-8-6-2/h21,25H,5-20H2,1-4H3/p+1. The Labute approximate surface area is 163 Å². The first-order valence-electron chi connectivity index (χ1n) is 11.2. The van der Waals surface area contributed by atoms with E-state index in [0.29, 0.717) is 17.6 Å².